The highest BCUT2D eigenvalue weighted by Crippen LogP contribution is 2.23. The summed E-state index contributed by atoms with van der Waals surface area (Å²) in [6, 6.07) is 21.1. The van der Waals surface area contributed by atoms with E-state index >= 15 is 0 Å². The van der Waals surface area contributed by atoms with Gasteiger partial charge in [-0.1, -0.05) is 73.9 Å². The third-order valence-electron chi connectivity index (χ3n) is 5.27. The van der Waals surface area contributed by atoms with E-state index in [4.69, 9.17) is 4.99 Å². The molecule has 3 heteroatoms. The van der Waals surface area contributed by atoms with Crippen molar-refractivity contribution < 1.29 is 0 Å². The SMILES string of the molecule is CN(C)c1ccc(/C=C/C=C(\C#N)C(=NC2CCCCC2)c2ccccc2)cc1. The van der Waals surface area contributed by atoms with Crippen molar-refractivity contribution in [1.29, 1.82) is 5.26 Å². The first-order chi connectivity index (χ1) is 14.2. The van der Waals surface area contributed by atoms with Crippen LogP contribution in [-0.2, 0) is 0 Å². The van der Waals surface area contributed by atoms with E-state index in [1.165, 1.54) is 24.9 Å². The van der Waals surface area contributed by atoms with Crippen molar-refractivity contribution in [3.63, 3.8) is 0 Å². The number of anilines is 1. The third-order valence-corrected chi connectivity index (χ3v) is 5.27. The van der Waals surface area contributed by atoms with Crippen molar-refractivity contribution in [1.82, 2.24) is 0 Å². The Kier molecular flexibility index (Phi) is 7.41. The van der Waals surface area contributed by atoms with Gasteiger partial charge in [0.25, 0.3) is 0 Å². The van der Waals surface area contributed by atoms with Crippen LogP contribution in [-0.4, -0.2) is 25.8 Å². The van der Waals surface area contributed by atoms with Crippen LogP contribution in [0.2, 0.25) is 0 Å². The molecule has 2 aromatic carbocycles. The lowest BCUT2D eigenvalue weighted by molar-refractivity contribution is 0.443. The Hall–Kier alpha value is -3.12. The molecular formula is C26H29N3. The maximum Gasteiger partial charge on any atom is 0.101 e. The van der Waals surface area contributed by atoms with Gasteiger partial charge in [-0.05, 0) is 36.6 Å². The van der Waals surface area contributed by atoms with Crippen LogP contribution in [0.1, 0.15) is 43.2 Å². The molecule has 0 bridgehead atoms. The second-order valence-corrected chi connectivity index (χ2v) is 7.67. The zero-order valence-corrected chi connectivity index (χ0v) is 17.4. The largest absolute Gasteiger partial charge is 0.378 e. The summed E-state index contributed by atoms with van der Waals surface area (Å²) in [7, 11) is 4.06. The summed E-state index contributed by atoms with van der Waals surface area (Å²) >= 11 is 0. The average molecular weight is 384 g/mol. The molecule has 0 amide bonds. The van der Waals surface area contributed by atoms with E-state index in [2.05, 4.69) is 35.2 Å². The molecule has 3 rings (SSSR count). The molecule has 2 aromatic rings. The maximum absolute atomic E-state index is 9.84. The summed E-state index contributed by atoms with van der Waals surface area (Å²) in [4.78, 5) is 7.10. The monoisotopic (exact) mass is 383 g/mol. The minimum absolute atomic E-state index is 0.318. The normalized spacial score (nSPS) is 16.0. The second kappa shape index (κ2) is 10.4. The first-order valence-corrected chi connectivity index (χ1v) is 10.4. The van der Waals surface area contributed by atoms with Gasteiger partial charge in [-0.15, -0.1) is 0 Å². The molecule has 0 radical (unpaired) electrons. The van der Waals surface area contributed by atoms with E-state index in [-0.39, 0.29) is 0 Å². The van der Waals surface area contributed by atoms with Crippen LogP contribution in [0, 0.1) is 11.3 Å². The molecule has 1 fully saturated rings. The molecule has 3 nitrogen and oxygen atoms in total. The van der Waals surface area contributed by atoms with Gasteiger partial charge in [0.2, 0.25) is 0 Å². The van der Waals surface area contributed by atoms with Gasteiger partial charge in [0.15, 0.2) is 0 Å². The van der Waals surface area contributed by atoms with E-state index in [0.29, 0.717) is 11.6 Å². The van der Waals surface area contributed by atoms with E-state index in [1.54, 1.807) is 0 Å². The van der Waals surface area contributed by atoms with Crippen LogP contribution in [0.5, 0.6) is 0 Å². The van der Waals surface area contributed by atoms with Gasteiger partial charge in [-0.25, -0.2) is 0 Å². The number of hydrogen-bond donors (Lipinski definition) is 0. The second-order valence-electron chi connectivity index (χ2n) is 7.67. The Morgan fingerprint density at radius 2 is 1.69 bits per heavy atom. The van der Waals surface area contributed by atoms with Crippen LogP contribution in [0.4, 0.5) is 5.69 Å². The molecule has 0 aliphatic heterocycles. The zero-order chi connectivity index (χ0) is 20.5. The summed E-state index contributed by atoms with van der Waals surface area (Å²) in [5.74, 6) is 0. The molecular weight excluding hydrogens is 354 g/mol. The highest BCUT2D eigenvalue weighted by atomic mass is 15.1. The van der Waals surface area contributed by atoms with Crippen molar-refractivity contribution >= 4 is 17.5 Å². The van der Waals surface area contributed by atoms with Crippen LogP contribution >= 0.6 is 0 Å². The minimum atomic E-state index is 0.318. The highest BCUT2D eigenvalue weighted by molar-refractivity contribution is 6.15. The molecule has 0 atom stereocenters. The number of nitriles is 1. The molecule has 0 spiro atoms. The third kappa shape index (κ3) is 5.93. The fourth-order valence-corrected chi connectivity index (χ4v) is 3.60. The molecule has 0 unspecified atom stereocenters. The quantitative estimate of drug-likeness (QED) is 0.347. The van der Waals surface area contributed by atoms with E-state index < -0.39 is 0 Å². The molecule has 148 valence electrons. The zero-order valence-electron chi connectivity index (χ0n) is 17.4. The topological polar surface area (TPSA) is 39.4 Å². The lowest BCUT2D eigenvalue weighted by atomic mass is 9.94. The number of hydrogen-bond acceptors (Lipinski definition) is 3. The molecule has 0 saturated heterocycles. The van der Waals surface area contributed by atoms with Gasteiger partial charge in [0.1, 0.15) is 6.07 Å². The van der Waals surface area contributed by atoms with Crippen molar-refractivity contribution in [3.8, 4) is 6.07 Å². The molecule has 29 heavy (non-hydrogen) atoms. The van der Waals surface area contributed by atoms with Gasteiger partial charge in [-0.2, -0.15) is 5.26 Å². The maximum atomic E-state index is 9.84. The average Bonchev–Trinajstić information content (AvgIpc) is 2.77. The van der Waals surface area contributed by atoms with Gasteiger partial charge in [0, 0.05) is 25.3 Å². The molecule has 0 N–H and O–H groups in total. The van der Waals surface area contributed by atoms with Crippen molar-refractivity contribution in [2.45, 2.75) is 38.1 Å². The van der Waals surface area contributed by atoms with Gasteiger partial charge in [0.05, 0.1) is 17.3 Å². The summed E-state index contributed by atoms with van der Waals surface area (Å²) in [5.41, 5.74) is 4.71. The standard InChI is InChI=1S/C26H29N3/c1-29(2)25-18-16-21(17-19-25)10-9-13-23(20-27)26(22-11-5-3-6-12-22)28-24-14-7-4-8-15-24/h3,5-6,9-13,16-19,24H,4,7-8,14-15H2,1-2H3/b10-9+,23-13+,28-26?. The number of benzene rings is 2. The molecule has 0 aromatic heterocycles. The van der Waals surface area contributed by atoms with Gasteiger partial charge < -0.3 is 4.90 Å². The fraction of sp³-hybridized carbons (Fsp3) is 0.308. The number of nitrogens with zero attached hydrogens (tertiary/aromatic N) is 3. The van der Waals surface area contributed by atoms with Crippen LogP contribution in [0.15, 0.2) is 77.3 Å². The number of rotatable bonds is 6. The van der Waals surface area contributed by atoms with E-state index in [1.807, 2.05) is 62.7 Å². The predicted octanol–water partition coefficient (Wildman–Crippen LogP) is 6.04. The van der Waals surface area contributed by atoms with Crippen molar-refractivity contribution in [3.05, 3.63) is 83.4 Å². The Labute approximate surface area is 174 Å². The van der Waals surface area contributed by atoms with Gasteiger partial charge >= 0.3 is 0 Å². The number of allylic oxidation sites excluding steroid dienone is 3. The Bertz CT molecular complexity index is 907. The van der Waals surface area contributed by atoms with E-state index in [9.17, 15) is 5.26 Å². The molecule has 1 saturated carbocycles. The van der Waals surface area contributed by atoms with Crippen LogP contribution in [0.25, 0.3) is 6.08 Å². The highest BCUT2D eigenvalue weighted by Gasteiger charge is 2.16. The molecule has 1 aliphatic rings. The van der Waals surface area contributed by atoms with Crippen molar-refractivity contribution in [2.75, 3.05) is 19.0 Å². The molecule has 1 aliphatic carbocycles. The number of aliphatic imine (C=N–C) groups is 1. The minimum Gasteiger partial charge on any atom is -0.378 e. The summed E-state index contributed by atoms with van der Waals surface area (Å²) in [6.07, 6.45) is 11.8. The van der Waals surface area contributed by atoms with E-state index in [0.717, 1.165) is 29.7 Å². The Morgan fingerprint density at radius 1 is 1.00 bits per heavy atom. The van der Waals surface area contributed by atoms with Gasteiger partial charge in [-0.3, -0.25) is 4.99 Å². The van der Waals surface area contributed by atoms with Crippen LogP contribution in [0.3, 0.4) is 0 Å². The summed E-state index contributed by atoms with van der Waals surface area (Å²) in [6.45, 7) is 0. The first kappa shape index (κ1) is 20.6. The lowest BCUT2D eigenvalue weighted by Crippen LogP contribution is -2.15. The first-order valence-electron chi connectivity index (χ1n) is 10.4. The summed E-state index contributed by atoms with van der Waals surface area (Å²) < 4.78 is 0. The molecule has 0 heterocycles. The Balaban J connectivity index is 1.86. The fourth-order valence-electron chi connectivity index (χ4n) is 3.60. The predicted molar refractivity (Wildman–Crippen MR) is 123 cm³/mol. The smallest absolute Gasteiger partial charge is 0.101 e. The van der Waals surface area contributed by atoms with Crippen molar-refractivity contribution in [2.24, 2.45) is 4.99 Å². The summed E-state index contributed by atoms with van der Waals surface area (Å²) in [5, 5.41) is 9.84. The Morgan fingerprint density at radius 3 is 2.31 bits per heavy atom. The van der Waals surface area contributed by atoms with Crippen LogP contribution < -0.4 is 4.90 Å². The lowest BCUT2D eigenvalue weighted by Gasteiger charge is -2.19.